The van der Waals surface area contributed by atoms with Gasteiger partial charge in [-0.2, -0.15) is 0 Å². The van der Waals surface area contributed by atoms with E-state index in [2.05, 4.69) is 15.2 Å². The molecule has 2 heterocycles. The third-order valence-corrected chi connectivity index (χ3v) is 3.49. The molecule has 2 aromatic heterocycles. The third-order valence-electron chi connectivity index (χ3n) is 2.50. The first kappa shape index (κ1) is 11.7. The van der Waals surface area contributed by atoms with E-state index in [1.54, 1.807) is 47.4 Å². The number of carbonyl (C=O) groups is 1. The lowest BCUT2D eigenvalue weighted by atomic mass is 10.2. The van der Waals surface area contributed by atoms with E-state index >= 15 is 0 Å². The van der Waals surface area contributed by atoms with Crippen LogP contribution in [0.15, 0.2) is 52.9 Å². The molecule has 0 radical (unpaired) electrons. The molecule has 0 saturated heterocycles. The van der Waals surface area contributed by atoms with Gasteiger partial charge in [0.05, 0.1) is 5.56 Å². The van der Waals surface area contributed by atoms with Crippen LogP contribution in [0.4, 0.5) is 0 Å². The first-order valence-corrected chi connectivity index (χ1v) is 6.21. The van der Waals surface area contributed by atoms with Gasteiger partial charge in [0, 0.05) is 17.3 Å². The SMILES string of the molecule is O=C(O)c1ccc(Sc2nccn3cnnc23)cc1. The monoisotopic (exact) mass is 272 g/mol. The fourth-order valence-electron chi connectivity index (χ4n) is 1.58. The Kier molecular flexibility index (Phi) is 2.88. The minimum atomic E-state index is -0.936. The van der Waals surface area contributed by atoms with Gasteiger partial charge in [-0.05, 0) is 24.3 Å². The predicted molar refractivity (Wildman–Crippen MR) is 68.3 cm³/mol. The Labute approximate surface area is 112 Å². The summed E-state index contributed by atoms with van der Waals surface area (Å²) in [4.78, 5) is 15.9. The summed E-state index contributed by atoms with van der Waals surface area (Å²) in [5.74, 6) is -0.936. The summed E-state index contributed by atoms with van der Waals surface area (Å²) in [6.07, 6.45) is 5.05. The van der Waals surface area contributed by atoms with Gasteiger partial charge in [-0.25, -0.2) is 9.78 Å². The summed E-state index contributed by atoms with van der Waals surface area (Å²) in [6, 6.07) is 6.62. The van der Waals surface area contributed by atoms with Crippen LogP contribution < -0.4 is 0 Å². The normalized spacial score (nSPS) is 10.7. The molecule has 0 fully saturated rings. The highest BCUT2D eigenvalue weighted by Gasteiger charge is 2.08. The van der Waals surface area contributed by atoms with Gasteiger partial charge in [0.1, 0.15) is 11.4 Å². The van der Waals surface area contributed by atoms with E-state index in [4.69, 9.17) is 5.11 Å². The Morgan fingerprint density at radius 2 is 2.05 bits per heavy atom. The van der Waals surface area contributed by atoms with Crippen LogP contribution in [0.2, 0.25) is 0 Å². The van der Waals surface area contributed by atoms with Crippen molar-refractivity contribution in [2.24, 2.45) is 0 Å². The van der Waals surface area contributed by atoms with Gasteiger partial charge < -0.3 is 5.11 Å². The number of hydrogen-bond donors (Lipinski definition) is 1. The smallest absolute Gasteiger partial charge is 0.335 e. The van der Waals surface area contributed by atoms with E-state index < -0.39 is 5.97 Å². The second-order valence-electron chi connectivity index (χ2n) is 3.73. The molecule has 0 aliphatic rings. The van der Waals surface area contributed by atoms with Crippen LogP contribution in [0.5, 0.6) is 0 Å². The number of benzene rings is 1. The highest BCUT2D eigenvalue weighted by molar-refractivity contribution is 7.99. The lowest BCUT2D eigenvalue weighted by Crippen LogP contribution is -1.95. The molecule has 3 aromatic rings. The molecule has 0 aliphatic carbocycles. The second-order valence-corrected chi connectivity index (χ2v) is 4.79. The molecule has 0 saturated carbocycles. The lowest BCUT2D eigenvalue weighted by Gasteiger charge is -2.02. The number of aromatic carboxylic acids is 1. The maximum atomic E-state index is 10.8. The molecule has 0 unspecified atom stereocenters. The summed E-state index contributed by atoms with van der Waals surface area (Å²) in [6.45, 7) is 0. The first-order chi connectivity index (χ1) is 9.24. The third kappa shape index (κ3) is 2.27. The van der Waals surface area contributed by atoms with Crippen LogP contribution in [0.1, 0.15) is 10.4 Å². The average molecular weight is 272 g/mol. The Hall–Kier alpha value is -2.41. The number of nitrogens with zero attached hydrogens (tertiary/aromatic N) is 4. The molecule has 0 amide bonds. The van der Waals surface area contributed by atoms with Crippen molar-refractivity contribution in [1.82, 2.24) is 19.6 Å². The fraction of sp³-hybridized carbons (Fsp3) is 0. The van der Waals surface area contributed by atoms with Crippen LogP contribution >= 0.6 is 11.8 Å². The fourth-order valence-corrected chi connectivity index (χ4v) is 2.43. The van der Waals surface area contributed by atoms with Crippen molar-refractivity contribution in [3.8, 4) is 0 Å². The van der Waals surface area contributed by atoms with Crippen molar-refractivity contribution in [3.05, 3.63) is 48.5 Å². The van der Waals surface area contributed by atoms with Crippen LogP contribution in [0, 0.1) is 0 Å². The largest absolute Gasteiger partial charge is 0.478 e. The van der Waals surface area contributed by atoms with E-state index in [0.29, 0.717) is 5.65 Å². The van der Waals surface area contributed by atoms with Gasteiger partial charge in [0.15, 0.2) is 5.65 Å². The number of rotatable bonds is 3. The summed E-state index contributed by atoms with van der Waals surface area (Å²) < 4.78 is 1.78. The van der Waals surface area contributed by atoms with Crippen molar-refractivity contribution in [2.45, 2.75) is 9.92 Å². The van der Waals surface area contributed by atoms with Crippen LogP contribution in [-0.4, -0.2) is 30.7 Å². The maximum absolute atomic E-state index is 10.8. The molecule has 6 nitrogen and oxygen atoms in total. The molecule has 7 heteroatoms. The summed E-state index contributed by atoms with van der Waals surface area (Å²) in [5.41, 5.74) is 0.938. The molecule has 19 heavy (non-hydrogen) atoms. The maximum Gasteiger partial charge on any atom is 0.335 e. The van der Waals surface area contributed by atoms with E-state index in [0.717, 1.165) is 9.92 Å². The van der Waals surface area contributed by atoms with Gasteiger partial charge in [-0.1, -0.05) is 11.8 Å². The van der Waals surface area contributed by atoms with Crippen molar-refractivity contribution in [2.75, 3.05) is 0 Å². The van der Waals surface area contributed by atoms with Gasteiger partial charge >= 0.3 is 5.97 Å². The average Bonchev–Trinajstić information content (AvgIpc) is 2.89. The molecule has 0 aliphatic heterocycles. The molecule has 1 N–H and O–H groups in total. The lowest BCUT2D eigenvalue weighted by molar-refractivity contribution is 0.0697. The zero-order chi connectivity index (χ0) is 13.2. The Morgan fingerprint density at radius 1 is 1.26 bits per heavy atom. The molecule has 3 rings (SSSR count). The zero-order valence-electron chi connectivity index (χ0n) is 9.59. The van der Waals surface area contributed by atoms with Crippen molar-refractivity contribution in [3.63, 3.8) is 0 Å². The highest BCUT2D eigenvalue weighted by atomic mass is 32.2. The van der Waals surface area contributed by atoms with Crippen LogP contribution in [-0.2, 0) is 0 Å². The molecular weight excluding hydrogens is 264 g/mol. The van der Waals surface area contributed by atoms with Crippen molar-refractivity contribution in [1.29, 1.82) is 0 Å². The molecule has 0 atom stereocenters. The molecular formula is C12H8N4O2S. The molecule has 1 aromatic carbocycles. The number of hydrogen-bond acceptors (Lipinski definition) is 5. The summed E-state index contributed by atoms with van der Waals surface area (Å²) in [5, 5.41) is 17.4. The quantitative estimate of drug-likeness (QED) is 0.785. The zero-order valence-corrected chi connectivity index (χ0v) is 10.4. The van der Waals surface area contributed by atoms with E-state index in [9.17, 15) is 4.79 Å². The topological polar surface area (TPSA) is 80.4 Å². The summed E-state index contributed by atoms with van der Waals surface area (Å²) >= 11 is 1.41. The minimum absolute atomic E-state index is 0.262. The van der Waals surface area contributed by atoms with Crippen molar-refractivity contribution < 1.29 is 9.90 Å². The molecule has 94 valence electrons. The number of carboxylic acids is 1. The minimum Gasteiger partial charge on any atom is -0.478 e. The Morgan fingerprint density at radius 3 is 2.79 bits per heavy atom. The van der Waals surface area contributed by atoms with Crippen LogP contribution in [0.3, 0.4) is 0 Å². The highest BCUT2D eigenvalue weighted by Crippen LogP contribution is 2.28. The van der Waals surface area contributed by atoms with Gasteiger partial charge in [0.2, 0.25) is 0 Å². The Balaban J connectivity index is 1.92. The second kappa shape index (κ2) is 4.69. The number of carboxylic acid groups (broad SMARTS) is 1. The summed E-state index contributed by atoms with van der Waals surface area (Å²) in [7, 11) is 0. The molecule has 0 spiro atoms. The number of fused-ring (bicyclic) bond motifs is 1. The molecule has 0 bridgehead atoms. The van der Waals surface area contributed by atoms with Crippen LogP contribution in [0.25, 0.3) is 5.65 Å². The van der Waals surface area contributed by atoms with E-state index in [-0.39, 0.29) is 5.56 Å². The van der Waals surface area contributed by atoms with Gasteiger partial charge in [-0.15, -0.1) is 10.2 Å². The predicted octanol–water partition coefficient (Wildman–Crippen LogP) is 1.97. The first-order valence-electron chi connectivity index (χ1n) is 5.39. The van der Waals surface area contributed by atoms with E-state index in [1.807, 2.05) is 0 Å². The van der Waals surface area contributed by atoms with E-state index in [1.165, 1.54) is 11.8 Å². The van der Waals surface area contributed by atoms with Crippen molar-refractivity contribution >= 4 is 23.4 Å². The Bertz CT molecular complexity index is 739. The van der Waals surface area contributed by atoms with Gasteiger partial charge in [0.25, 0.3) is 0 Å². The van der Waals surface area contributed by atoms with Gasteiger partial charge in [-0.3, -0.25) is 4.40 Å². The number of aromatic nitrogens is 4. The standard InChI is InChI=1S/C12H8N4O2S/c17-12(18)8-1-3-9(4-2-8)19-11-10-15-14-7-16(10)6-5-13-11/h1-7H,(H,17,18).